The number of carbonyl (C=O) groups excluding carboxylic acids is 1. The van der Waals surface area contributed by atoms with Crippen LogP contribution in [0.5, 0.6) is 0 Å². The van der Waals surface area contributed by atoms with E-state index in [1.165, 1.54) is 31.5 Å². The van der Waals surface area contributed by atoms with Crippen molar-refractivity contribution in [2.45, 2.75) is 25.2 Å². The zero-order chi connectivity index (χ0) is 25.7. The van der Waals surface area contributed by atoms with E-state index in [1.54, 1.807) is 53.4 Å². The van der Waals surface area contributed by atoms with Crippen molar-refractivity contribution in [1.29, 1.82) is 0 Å². The molecule has 36 heavy (non-hydrogen) atoms. The molecule has 0 aliphatic rings. The fourth-order valence-electron chi connectivity index (χ4n) is 3.42. The van der Waals surface area contributed by atoms with Gasteiger partial charge in [0.05, 0.1) is 30.4 Å². The molecule has 8 nitrogen and oxygen atoms in total. The monoisotopic (exact) mass is 528 g/mol. The van der Waals surface area contributed by atoms with Gasteiger partial charge >= 0.3 is 0 Å². The number of nitrogens with zero attached hydrogens (tertiary/aromatic N) is 3. The number of hydrogen-bond donors (Lipinski definition) is 1. The predicted molar refractivity (Wildman–Crippen MR) is 134 cm³/mol. The van der Waals surface area contributed by atoms with Crippen LogP contribution in [0.1, 0.15) is 28.7 Å². The minimum absolute atomic E-state index is 0.148. The molecular formula is C25H22ClFN4O4S. The lowest BCUT2D eigenvalue weighted by molar-refractivity contribution is 0.102. The molecule has 4 rings (SSSR count). The van der Waals surface area contributed by atoms with Crippen LogP contribution in [0.4, 0.5) is 15.8 Å². The summed E-state index contributed by atoms with van der Waals surface area (Å²) in [6.07, 6.45) is 2.82. The molecule has 1 N–H and O–H groups in total. The van der Waals surface area contributed by atoms with E-state index in [9.17, 15) is 17.6 Å². The largest absolute Gasteiger partial charge is 0.467 e. The van der Waals surface area contributed by atoms with Crippen LogP contribution in [0, 0.1) is 5.82 Å². The molecule has 2 heterocycles. The number of sulfone groups is 1. The van der Waals surface area contributed by atoms with E-state index in [2.05, 4.69) is 15.3 Å². The molecule has 0 unspecified atom stereocenters. The van der Waals surface area contributed by atoms with Crippen molar-refractivity contribution in [1.82, 2.24) is 9.97 Å². The minimum atomic E-state index is -3.79. The summed E-state index contributed by atoms with van der Waals surface area (Å²) in [4.78, 5) is 23.4. The quantitative estimate of drug-likeness (QED) is 0.301. The Morgan fingerprint density at radius 1 is 1.11 bits per heavy atom. The Balaban J connectivity index is 1.79. The fraction of sp³-hybridized carbons (Fsp3) is 0.160. The topological polar surface area (TPSA) is 105 Å². The first-order valence-electron chi connectivity index (χ1n) is 10.9. The van der Waals surface area contributed by atoms with Gasteiger partial charge in [0.25, 0.3) is 5.91 Å². The van der Waals surface area contributed by atoms with Crippen LogP contribution in [0.25, 0.3) is 0 Å². The molecule has 0 fully saturated rings. The van der Waals surface area contributed by atoms with Crippen molar-refractivity contribution in [2.75, 3.05) is 16.0 Å². The van der Waals surface area contributed by atoms with E-state index in [0.717, 1.165) is 5.56 Å². The Labute approximate surface area is 212 Å². The van der Waals surface area contributed by atoms with Crippen molar-refractivity contribution >= 4 is 38.7 Å². The Hall–Kier alpha value is -3.76. The second-order valence-electron chi connectivity index (χ2n) is 7.82. The summed E-state index contributed by atoms with van der Waals surface area (Å²) in [5.41, 5.74) is 1.28. The van der Waals surface area contributed by atoms with Crippen LogP contribution in [0.3, 0.4) is 0 Å². The minimum Gasteiger partial charge on any atom is -0.467 e. The molecular weight excluding hydrogens is 507 g/mol. The molecule has 2 aromatic carbocycles. The summed E-state index contributed by atoms with van der Waals surface area (Å²) in [5, 5.41) is 2.68. The second kappa shape index (κ2) is 10.9. The number of hydrogen-bond acceptors (Lipinski definition) is 7. The highest BCUT2D eigenvalue weighted by Crippen LogP contribution is 2.26. The molecule has 0 atom stereocenters. The molecule has 0 saturated carbocycles. The lowest BCUT2D eigenvalue weighted by atomic mass is 10.1. The Morgan fingerprint density at radius 2 is 1.89 bits per heavy atom. The van der Waals surface area contributed by atoms with E-state index in [4.69, 9.17) is 16.0 Å². The van der Waals surface area contributed by atoms with Crippen molar-refractivity contribution in [3.63, 3.8) is 0 Å². The highest BCUT2D eigenvalue weighted by molar-refractivity contribution is 7.91. The van der Waals surface area contributed by atoms with Gasteiger partial charge in [-0.15, -0.1) is 0 Å². The highest BCUT2D eigenvalue weighted by atomic mass is 35.5. The summed E-state index contributed by atoms with van der Waals surface area (Å²) in [7, 11) is -3.79. The number of benzene rings is 2. The van der Waals surface area contributed by atoms with Crippen LogP contribution in [0.15, 0.2) is 82.7 Å². The van der Waals surface area contributed by atoms with Crippen molar-refractivity contribution in [3.8, 4) is 0 Å². The van der Waals surface area contributed by atoms with Gasteiger partial charge in [0.15, 0.2) is 5.69 Å². The van der Waals surface area contributed by atoms with Crippen molar-refractivity contribution < 1.29 is 22.0 Å². The smallest absolute Gasteiger partial charge is 0.276 e. The average Bonchev–Trinajstić information content (AvgIpc) is 3.38. The van der Waals surface area contributed by atoms with E-state index < -0.39 is 20.9 Å². The number of carbonyl (C=O) groups is 1. The van der Waals surface area contributed by atoms with E-state index in [0.29, 0.717) is 16.5 Å². The SMILES string of the molecule is CCS(=O)(=O)c1ncc(N(Cc2ccc(F)cc2)Cc2ccco2)c(C(=O)Nc2cccc(Cl)c2)n1. The summed E-state index contributed by atoms with van der Waals surface area (Å²) in [6, 6.07) is 15.9. The van der Waals surface area contributed by atoms with Gasteiger partial charge in [-0.05, 0) is 48.0 Å². The van der Waals surface area contributed by atoms with Gasteiger partial charge in [0, 0.05) is 17.3 Å². The number of furan rings is 1. The normalized spacial score (nSPS) is 11.3. The number of nitrogens with one attached hydrogen (secondary N) is 1. The third-order valence-corrected chi connectivity index (χ3v) is 7.01. The van der Waals surface area contributed by atoms with Crippen molar-refractivity contribution in [3.05, 3.63) is 101 Å². The molecule has 11 heteroatoms. The predicted octanol–water partition coefficient (Wildman–Crippen LogP) is 5.11. The van der Waals surface area contributed by atoms with E-state index in [-0.39, 0.29) is 36.0 Å². The average molecular weight is 529 g/mol. The number of halogens is 2. The van der Waals surface area contributed by atoms with Gasteiger partial charge in [-0.2, -0.15) is 0 Å². The van der Waals surface area contributed by atoms with Crippen LogP contribution in [-0.2, 0) is 22.9 Å². The third kappa shape index (κ3) is 6.07. The molecule has 0 aliphatic heterocycles. The number of rotatable bonds is 9. The van der Waals surface area contributed by atoms with E-state index in [1.807, 2.05) is 0 Å². The molecule has 0 spiro atoms. The Morgan fingerprint density at radius 3 is 2.56 bits per heavy atom. The fourth-order valence-corrected chi connectivity index (χ4v) is 4.31. The lowest BCUT2D eigenvalue weighted by Crippen LogP contribution is -2.27. The first-order chi connectivity index (χ1) is 17.2. The number of anilines is 2. The number of amides is 1. The van der Waals surface area contributed by atoms with Crippen LogP contribution < -0.4 is 10.2 Å². The molecule has 4 aromatic rings. The number of aromatic nitrogens is 2. The van der Waals surface area contributed by atoms with Crippen LogP contribution >= 0.6 is 11.6 Å². The maximum Gasteiger partial charge on any atom is 0.276 e. The molecule has 1 amide bonds. The summed E-state index contributed by atoms with van der Waals surface area (Å²) < 4.78 is 44.0. The maximum atomic E-state index is 13.5. The second-order valence-corrected chi connectivity index (χ2v) is 10.4. The molecule has 186 valence electrons. The maximum absolute atomic E-state index is 13.5. The first-order valence-corrected chi connectivity index (χ1v) is 13.0. The molecule has 0 saturated heterocycles. The van der Waals surface area contributed by atoms with Gasteiger partial charge in [0.1, 0.15) is 11.6 Å². The van der Waals surface area contributed by atoms with Crippen molar-refractivity contribution in [2.24, 2.45) is 0 Å². The summed E-state index contributed by atoms with van der Waals surface area (Å²) >= 11 is 6.04. The first kappa shape index (κ1) is 25.3. The molecule has 2 aromatic heterocycles. The van der Waals surface area contributed by atoms with Gasteiger partial charge in [-0.25, -0.2) is 22.8 Å². The summed E-state index contributed by atoms with van der Waals surface area (Å²) in [5.74, 6) is -0.669. The van der Waals surface area contributed by atoms with Gasteiger partial charge < -0.3 is 14.6 Å². The third-order valence-electron chi connectivity index (χ3n) is 5.26. The zero-order valence-electron chi connectivity index (χ0n) is 19.2. The molecule has 0 bridgehead atoms. The molecule has 0 aliphatic carbocycles. The zero-order valence-corrected chi connectivity index (χ0v) is 20.8. The standard InChI is InChI=1S/C25H22ClFN4O4S/c1-2-36(33,34)25-28-14-22(23(30-25)24(32)29-20-6-3-5-18(26)13-20)31(16-21-7-4-12-35-21)15-17-8-10-19(27)11-9-17/h3-14H,2,15-16H2,1H3,(H,29,32). The highest BCUT2D eigenvalue weighted by Gasteiger charge is 2.25. The molecule has 0 radical (unpaired) electrons. The van der Waals surface area contributed by atoms with Crippen LogP contribution in [-0.4, -0.2) is 30.0 Å². The lowest BCUT2D eigenvalue weighted by Gasteiger charge is -2.25. The van der Waals surface area contributed by atoms with Gasteiger partial charge in [-0.3, -0.25) is 4.79 Å². The summed E-state index contributed by atoms with van der Waals surface area (Å²) in [6.45, 7) is 1.92. The van der Waals surface area contributed by atoms with E-state index >= 15 is 0 Å². The Kier molecular flexibility index (Phi) is 7.66. The van der Waals surface area contributed by atoms with Gasteiger partial charge in [-0.1, -0.05) is 36.7 Å². The van der Waals surface area contributed by atoms with Crippen LogP contribution in [0.2, 0.25) is 5.02 Å². The Bertz CT molecular complexity index is 1460. The van der Waals surface area contributed by atoms with Gasteiger partial charge in [0.2, 0.25) is 15.0 Å².